The molecule has 9 heteroatoms. The number of rotatable bonds is 5. The predicted molar refractivity (Wildman–Crippen MR) is 60.3 cm³/mol. The zero-order valence-corrected chi connectivity index (χ0v) is 9.51. The Balaban J connectivity index is 2.06. The van der Waals surface area contributed by atoms with Crippen molar-refractivity contribution in [3.05, 3.63) is 12.0 Å². The summed E-state index contributed by atoms with van der Waals surface area (Å²) in [6.45, 7) is 0.0508. The number of aliphatic hydroxyl groups is 2. The van der Waals surface area contributed by atoms with Gasteiger partial charge in [-0.05, 0) is 6.42 Å². The second-order valence-corrected chi connectivity index (χ2v) is 3.87. The van der Waals surface area contributed by atoms with Gasteiger partial charge in [0.1, 0.15) is 5.69 Å². The molecule has 18 heavy (non-hydrogen) atoms. The maximum atomic E-state index is 11.7. The maximum absolute atomic E-state index is 11.7. The number of aromatic amines is 1. The predicted octanol–water partition coefficient (Wildman–Crippen LogP) is -2.11. The minimum Gasteiger partial charge on any atom is -0.396 e. The van der Waals surface area contributed by atoms with Crippen LogP contribution in [0.4, 0.5) is 5.82 Å². The summed E-state index contributed by atoms with van der Waals surface area (Å²) >= 11 is 0. The molecule has 0 bridgehead atoms. The number of carbonyl (C=O) groups is 1. The third kappa shape index (κ3) is 2.29. The van der Waals surface area contributed by atoms with Crippen molar-refractivity contribution >= 4 is 11.7 Å². The van der Waals surface area contributed by atoms with E-state index in [1.807, 2.05) is 0 Å². The van der Waals surface area contributed by atoms with E-state index in [2.05, 4.69) is 20.6 Å². The highest BCUT2D eigenvalue weighted by Crippen LogP contribution is 2.20. The lowest BCUT2D eigenvalue weighted by atomic mass is 10.2. The second kappa shape index (κ2) is 4.90. The monoisotopic (exact) mass is 257 g/mol. The Morgan fingerprint density at radius 1 is 1.56 bits per heavy atom. The van der Waals surface area contributed by atoms with Crippen LogP contribution >= 0.6 is 0 Å². The molecule has 0 saturated heterocycles. The highest BCUT2D eigenvalue weighted by molar-refractivity contribution is 5.99. The SMILES string of the molecule is NC1(C(O)OCCCO)NC(=O)c2[nH]cnc2N1. The Kier molecular flexibility index (Phi) is 3.48. The van der Waals surface area contributed by atoms with Gasteiger partial charge in [-0.1, -0.05) is 0 Å². The van der Waals surface area contributed by atoms with Gasteiger partial charge >= 0.3 is 0 Å². The standard InChI is InChI=1S/C9H15N5O4/c10-9(8(17)18-3-1-2-15)13-6-5(7(16)14-9)11-4-12-6/h4,8,13,15,17H,1-3,10H2,(H,11,12)(H,14,16). The highest BCUT2D eigenvalue weighted by Gasteiger charge is 2.42. The van der Waals surface area contributed by atoms with Gasteiger partial charge in [0.05, 0.1) is 12.9 Å². The second-order valence-electron chi connectivity index (χ2n) is 3.87. The number of carbonyl (C=O) groups excluding carboxylic acids is 1. The number of aromatic nitrogens is 2. The highest BCUT2D eigenvalue weighted by atomic mass is 16.6. The fraction of sp³-hybridized carbons (Fsp3) is 0.556. The Bertz CT molecular complexity index is 436. The minimum atomic E-state index is -1.66. The number of anilines is 1. The molecule has 0 radical (unpaired) electrons. The van der Waals surface area contributed by atoms with Crippen LogP contribution in [-0.2, 0) is 4.74 Å². The third-order valence-electron chi connectivity index (χ3n) is 2.48. The van der Waals surface area contributed by atoms with Gasteiger partial charge < -0.3 is 30.6 Å². The molecule has 0 saturated carbocycles. The van der Waals surface area contributed by atoms with Gasteiger partial charge in [0, 0.05) is 6.61 Å². The quantitative estimate of drug-likeness (QED) is 0.261. The van der Waals surface area contributed by atoms with Crippen molar-refractivity contribution in [2.24, 2.45) is 5.73 Å². The maximum Gasteiger partial charge on any atom is 0.274 e. The van der Waals surface area contributed by atoms with Crippen LogP contribution in [0, 0.1) is 0 Å². The number of ether oxygens (including phenoxy) is 1. The van der Waals surface area contributed by atoms with E-state index in [4.69, 9.17) is 15.6 Å². The van der Waals surface area contributed by atoms with Gasteiger partial charge in [0.2, 0.25) is 12.1 Å². The van der Waals surface area contributed by atoms with E-state index in [0.717, 1.165) is 0 Å². The van der Waals surface area contributed by atoms with E-state index in [1.54, 1.807) is 0 Å². The molecule has 1 aliphatic rings. The zero-order chi connectivity index (χ0) is 13.2. The molecule has 1 aliphatic heterocycles. The number of nitrogens with two attached hydrogens (primary N) is 1. The van der Waals surface area contributed by atoms with E-state index >= 15 is 0 Å². The molecule has 1 aromatic rings. The van der Waals surface area contributed by atoms with Gasteiger partial charge in [-0.3, -0.25) is 10.5 Å². The molecule has 0 spiro atoms. The number of nitrogens with one attached hydrogen (secondary N) is 3. The summed E-state index contributed by atoms with van der Waals surface area (Å²) < 4.78 is 5.02. The number of hydrogen-bond donors (Lipinski definition) is 6. The van der Waals surface area contributed by atoms with Gasteiger partial charge in [-0.25, -0.2) is 4.98 Å². The van der Waals surface area contributed by atoms with Gasteiger partial charge in [0.25, 0.3) is 5.91 Å². The van der Waals surface area contributed by atoms with Crippen LogP contribution in [0.15, 0.2) is 6.33 Å². The van der Waals surface area contributed by atoms with Crippen LogP contribution in [0.5, 0.6) is 0 Å². The molecular weight excluding hydrogens is 242 g/mol. The first-order valence-electron chi connectivity index (χ1n) is 5.40. The van der Waals surface area contributed by atoms with Crippen LogP contribution in [0.1, 0.15) is 16.9 Å². The van der Waals surface area contributed by atoms with Crippen molar-refractivity contribution in [1.29, 1.82) is 0 Å². The fourth-order valence-corrected chi connectivity index (χ4v) is 1.55. The number of aliphatic hydroxyl groups excluding tert-OH is 2. The third-order valence-corrected chi connectivity index (χ3v) is 2.48. The molecule has 9 nitrogen and oxygen atoms in total. The lowest BCUT2D eigenvalue weighted by Gasteiger charge is -2.37. The first kappa shape index (κ1) is 12.8. The number of fused-ring (bicyclic) bond motifs is 1. The molecule has 2 unspecified atom stereocenters. The van der Waals surface area contributed by atoms with Crippen molar-refractivity contribution in [2.45, 2.75) is 18.5 Å². The molecule has 2 atom stereocenters. The van der Waals surface area contributed by atoms with Crippen LogP contribution in [0.25, 0.3) is 0 Å². The smallest absolute Gasteiger partial charge is 0.274 e. The van der Waals surface area contributed by atoms with Crippen molar-refractivity contribution in [3.8, 4) is 0 Å². The Morgan fingerprint density at radius 2 is 2.33 bits per heavy atom. The van der Waals surface area contributed by atoms with Crippen LogP contribution in [0.2, 0.25) is 0 Å². The van der Waals surface area contributed by atoms with Gasteiger partial charge in [0.15, 0.2) is 5.82 Å². The lowest BCUT2D eigenvalue weighted by Crippen LogP contribution is -2.71. The van der Waals surface area contributed by atoms with Crippen molar-refractivity contribution in [3.63, 3.8) is 0 Å². The first-order valence-corrected chi connectivity index (χ1v) is 5.40. The first-order chi connectivity index (χ1) is 8.57. The summed E-state index contributed by atoms with van der Waals surface area (Å²) in [5, 5.41) is 23.5. The number of nitrogens with zero attached hydrogens (tertiary/aromatic N) is 1. The lowest BCUT2D eigenvalue weighted by molar-refractivity contribution is -0.144. The Hall–Kier alpha value is -1.68. The average Bonchev–Trinajstić information content (AvgIpc) is 2.77. The van der Waals surface area contributed by atoms with Crippen molar-refractivity contribution in [1.82, 2.24) is 15.3 Å². The van der Waals surface area contributed by atoms with Crippen LogP contribution in [-0.4, -0.2) is 51.4 Å². The molecule has 2 heterocycles. The Morgan fingerprint density at radius 3 is 3.06 bits per heavy atom. The average molecular weight is 257 g/mol. The van der Waals surface area contributed by atoms with Crippen LogP contribution in [0.3, 0.4) is 0 Å². The number of hydrogen-bond acceptors (Lipinski definition) is 7. The Labute approximate surface area is 102 Å². The number of H-pyrrole nitrogens is 1. The van der Waals surface area contributed by atoms with E-state index in [0.29, 0.717) is 6.42 Å². The number of amides is 1. The summed E-state index contributed by atoms with van der Waals surface area (Å²) in [6, 6.07) is 0. The summed E-state index contributed by atoms with van der Waals surface area (Å²) in [6.07, 6.45) is 0.217. The van der Waals surface area contributed by atoms with E-state index in [1.165, 1.54) is 6.33 Å². The molecule has 100 valence electrons. The van der Waals surface area contributed by atoms with Crippen molar-refractivity contribution in [2.75, 3.05) is 18.5 Å². The minimum absolute atomic E-state index is 0.0619. The molecule has 1 amide bonds. The normalized spacial score (nSPS) is 24.1. The largest absolute Gasteiger partial charge is 0.396 e. The zero-order valence-electron chi connectivity index (χ0n) is 9.51. The molecule has 7 N–H and O–H groups in total. The van der Waals surface area contributed by atoms with Gasteiger partial charge in [-0.15, -0.1) is 0 Å². The van der Waals surface area contributed by atoms with E-state index in [-0.39, 0.29) is 24.7 Å². The van der Waals surface area contributed by atoms with Crippen LogP contribution < -0.4 is 16.4 Å². The summed E-state index contributed by atoms with van der Waals surface area (Å²) in [5.41, 5.74) is 6.05. The van der Waals surface area contributed by atoms with E-state index < -0.39 is 18.0 Å². The van der Waals surface area contributed by atoms with Crippen molar-refractivity contribution < 1.29 is 19.7 Å². The fourth-order valence-electron chi connectivity index (χ4n) is 1.55. The number of imidazole rings is 1. The summed E-state index contributed by atoms with van der Waals surface area (Å²) in [5.74, 6) is -1.91. The molecule has 0 aliphatic carbocycles. The summed E-state index contributed by atoms with van der Waals surface area (Å²) in [4.78, 5) is 18.2. The molecule has 0 fully saturated rings. The molecule has 2 rings (SSSR count). The van der Waals surface area contributed by atoms with Gasteiger partial charge in [-0.2, -0.15) is 0 Å². The molecular formula is C9H15N5O4. The molecule has 0 aromatic carbocycles. The molecule has 1 aromatic heterocycles. The topological polar surface area (TPSA) is 146 Å². The van der Waals surface area contributed by atoms with E-state index in [9.17, 15) is 9.90 Å². The summed E-state index contributed by atoms with van der Waals surface area (Å²) in [7, 11) is 0.